The monoisotopic (exact) mass is 712 g/mol. The van der Waals surface area contributed by atoms with Gasteiger partial charge in [-0.25, -0.2) is 52.7 Å². The first-order valence-corrected chi connectivity index (χ1v) is 11.7. The van der Waals surface area contributed by atoms with Crippen LogP contribution in [0.3, 0.4) is 0 Å². The Morgan fingerprint density at radius 1 is 0.294 bits per heavy atom. The van der Waals surface area contributed by atoms with E-state index in [1.165, 1.54) is 0 Å². The lowest BCUT2D eigenvalue weighted by Gasteiger charge is -2.25. The summed E-state index contributed by atoms with van der Waals surface area (Å²) in [4.78, 5) is 0. The third-order valence-electron chi connectivity index (χ3n) is 4.23. The number of benzene rings is 3. The van der Waals surface area contributed by atoms with Crippen LogP contribution in [0.1, 0.15) is 0 Å². The molecule has 0 fully saturated rings. The van der Waals surface area contributed by atoms with Crippen LogP contribution in [0, 0.1) is 69.8 Å². The lowest BCUT2D eigenvalue weighted by atomic mass is 10.3. The van der Waals surface area contributed by atoms with Gasteiger partial charge in [-0.2, -0.15) is 0 Å². The lowest BCUT2D eigenvalue weighted by molar-refractivity contribution is 0.408. The minimum absolute atomic E-state index is 1.41. The zero-order chi connectivity index (χ0) is 26.0. The zero-order valence-corrected chi connectivity index (χ0v) is 20.8. The third kappa shape index (κ3) is 3.96. The molecule has 3 aromatic carbocycles. The molecule has 0 heterocycles. The Kier molecular flexibility index (Phi) is 7.72. The van der Waals surface area contributed by atoms with Crippen molar-refractivity contribution >= 4 is 71.6 Å². The van der Waals surface area contributed by atoms with Crippen molar-refractivity contribution in [3.8, 4) is 0 Å². The van der Waals surface area contributed by atoms with Crippen LogP contribution in [0.25, 0.3) is 0 Å². The highest BCUT2D eigenvalue weighted by molar-refractivity contribution is 9.11. The van der Waals surface area contributed by atoms with E-state index in [0.29, 0.717) is 0 Å². The van der Waals surface area contributed by atoms with Crippen LogP contribution in [-0.2, 0) is 0 Å². The molecule has 0 radical (unpaired) electrons. The van der Waals surface area contributed by atoms with Crippen LogP contribution < -0.4 is 15.9 Å². The normalized spacial score (nSPS) is 11.6. The molecule has 0 unspecified atom stereocenters. The van der Waals surface area contributed by atoms with E-state index in [9.17, 15) is 52.7 Å². The zero-order valence-electron chi connectivity index (χ0n) is 15.1. The molecule has 0 aliphatic heterocycles. The maximum Gasteiger partial charge on any atom is 0.198 e. The highest BCUT2D eigenvalue weighted by Gasteiger charge is 2.40. The molecule has 0 aromatic heterocycles. The fraction of sp³-hybridized carbons (Fsp3) is 0. The van der Waals surface area contributed by atoms with Gasteiger partial charge in [0.25, 0.3) is 0 Å². The summed E-state index contributed by atoms with van der Waals surface area (Å²) in [6, 6.07) is 0. The average molecular weight is 715 g/mol. The Labute approximate surface area is 207 Å². The Bertz CT molecular complexity index is 1130. The number of rotatable bonds is 3. The van der Waals surface area contributed by atoms with E-state index in [1.54, 1.807) is 0 Å². The molecule has 0 aliphatic rings. The summed E-state index contributed by atoms with van der Waals surface area (Å²) in [5.41, 5.74) is 0. The van der Waals surface area contributed by atoms with E-state index in [4.69, 9.17) is 0 Å². The molecule has 16 heteroatoms. The van der Waals surface area contributed by atoms with Crippen molar-refractivity contribution in [3.63, 3.8) is 0 Å². The van der Waals surface area contributed by atoms with Crippen molar-refractivity contribution in [2.24, 2.45) is 0 Å². The molecule has 0 atom stereocenters. The van der Waals surface area contributed by atoms with E-state index < -0.39 is 107 Å². The Balaban J connectivity index is 2.68. The van der Waals surface area contributed by atoms with Gasteiger partial charge >= 0.3 is 0 Å². The predicted molar refractivity (Wildman–Crippen MR) is 108 cm³/mol. The smallest absolute Gasteiger partial charge is 0.198 e. The summed E-state index contributed by atoms with van der Waals surface area (Å²) >= 11 is 6.93. The van der Waals surface area contributed by atoms with E-state index >= 15 is 0 Å². The summed E-state index contributed by atoms with van der Waals surface area (Å²) < 4.78 is 166. The number of hydrogen-bond acceptors (Lipinski definition) is 0. The van der Waals surface area contributed by atoms with Crippen LogP contribution >= 0.6 is 55.7 Å². The molecule has 3 aromatic rings. The maximum atomic E-state index is 14.8. The van der Waals surface area contributed by atoms with Gasteiger partial charge in [-0.05, 0) is 47.8 Å². The molecule has 0 nitrogen and oxygen atoms in total. The predicted octanol–water partition coefficient (Wildman–Crippen LogP) is 7.40. The second-order valence-corrected chi connectivity index (χ2v) is 10.5. The second kappa shape index (κ2) is 9.62. The Morgan fingerprint density at radius 3 is 0.676 bits per heavy atom. The molecule has 3 rings (SSSR count). The molecule has 182 valence electrons. The molecule has 0 saturated carbocycles. The first-order valence-electron chi connectivity index (χ1n) is 8.01. The molecule has 0 N–H and O–H groups in total. The fourth-order valence-electron chi connectivity index (χ4n) is 2.70. The summed E-state index contributed by atoms with van der Waals surface area (Å²) in [6.07, 6.45) is 0. The summed E-state index contributed by atoms with van der Waals surface area (Å²) in [7, 11) is -3.91. The van der Waals surface area contributed by atoms with Crippen LogP contribution in [0.15, 0.2) is 13.4 Å². The quantitative estimate of drug-likeness (QED) is 0.115. The Morgan fingerprint density at radius 2 is 0.471 bits per heavy atom. The lowest BCUT2D eigenvalue weighted by Crippen LogP contribution is -2.33. The van der Waals surface area contributed by atoms with Gasteiger partial charge < -0.3 is 0 Å². The number of hydrogen-bond donors (Lipinski definition) is 0. The van der Waals surface area contributed by atoms with Gasteiger partial charge in [0.2, 0.25) is 0 Å². The van der Waals surface area contributed by atoms with Crippen molar-refractivity contribution < 1.29 is 52.7 Å². The average Bonchev–Trinajstić information content (AvgIpc) is 2.81. The van der Waals surface area contributed by atoms with Gasteiger partial charge in [-0.1, -0.05) is 0 Å². The van der Waals surface area contributed by atoms with Gasteiger partial charge in [0.1, 0.15) is 0 Å². The van der Waals surface area contributed by atoms with Gasteiger partial charge in [0.15, 0.2) is 69.8 Å². The molecular formula is C18Br3F12P. The van der Waals surface area contributed by atoms with Gasteiger partial charge in [-0.3, -0.25) is 0 Å². The minimum Gasteiger partial charge on any atom is -0.203 e. The van der Waals surface area contributed by atoms with Crippen LogP contribution in [0.2, 0.25) is 0 Å². The van der Waals surface area contributed by atoms with Crippen molar-refractivity contribution in [1.29, 1.82) is 0 Å². The first kappa shape index (κ1) is 27.3. The van der Waals surface area contributed by atoms with E-state index in [-0.39, 0.29) is 0 Å². The Hall–Kier alpha value is -1.31. The van der Waals surface area contributed by atoms with Gasteiger partial charge in [0.05, 0.1) is 13.4 Å². The van der Waals surface area contributed by atoms with Crippen molar-refractivity contribution in [1.82, 2.24) is 0 Å². The molecule has 0 amide bonds. The molecule has 34 heavy (non-hydrogen) atoms. The second-order valence-electron chi connectivity index (χ2n) is 6.09. The SMILES string of the molecule is Fc1c(F)c(F)c(P(c2c(F)c(F)c(F)c(F)c2Br)c2c(F)c(F)c(F)c(F)c2Br)c(Br)c1F. The minimum atomic E-state index is -3.91. The highest BCUT2D eigenvalue weighted by atomic mass is 79.9. The molecule has 0 saturated heterocycles. The van der Waals surface area contributed by atoms with E-state index in [1.807, 2.05) is 0 Å². The van der Waals surface area contributed by atoms with Gasteiger partial charge in [0, 0.05) is 23.8 Å². The first-order chi connectivity index (χ1) is 15.7. The summed E-state index contributed by atoms with van der Waals surface area (Å²) in [5, 5.41) is -4.83. The molecule has 0 aliphatic carbocycles. The van der Waals surface area contributed by atoms with Crippen molar-refractivity contribution in [3.05, 3.63) is 83.2 Å². The van der Waals surface area contributed by atoms with E-state index in [2.05, 4.69) is 47.8 Å². The summed E-state index contributed by atoms with van der Waals surface area (Å²) in [6.45, 7) is 0. The van der Waals surface area contributed by atoms with Crippen molar-refractivity contribution in [2.45, 2.75) is 0 Å². The van der Waals surface area contributed by atoms with Crippen LogP contribution in [-0.4, -0.2) is 0 Å². The number of halogens is 15. The fourth-order valence-corrected chi connectivity index (χ4v) is 7.78. The molecule has 0 bridgehead atoms. The highest BCUT2D eigenvalue weighted by Crippen LogP contribution is 2.46. The maximum absolute atomic E-state index is 14.8. The van der Waals surface area contributed by atoms with Crippen LogP contribution in [0.5, 0.6) is 0 Å². The van der Waals surface area contributed by atoms with E-state index in [0.717, 1.165) is 0 Å². The standard InChI is InChI=1S/C18Br3F12P/c19-1-4(22)7(25)10(28)13(31)16(1)34(17-2(20)5(23)8(26)11(29)14(17)32)18-3(21)6(24)9(27)12(30)15(18)33. The van der Waals surface area contributed by atoms with Crippen LogP contribution in [0.4, 0.5) is 52.7 Å². The molecule has 0 spiro atoms. The third-order valence-corrected chi connectivity index (χ3v) is 9.99. The largest absolute Gasteiger partial charge is 0.203 e. The topological polar surface area (TPSA) is 0 Å². The van der Waals surface area contributed by atoms with Gasteiger partial charge in [-0.15, -0.1) is 0 Å². The summed E-state index contributed by atoms with van der Waals surface area (Å²) in [5.74, 6) is -28.9. The van der Waals surface area contributed by atoms with Crippen molar-refractivity contribution in [2.75, 3.05) is 0 Å². The molecular weight excluding hydrogens is 715 g/mol.